The minimum atomic E-state index is -0.265. The third-order valence-corrected chi connectivity index (χ3v) is 2.99. The molecule has 0 spiro atoms. The Labute approximate surface area is 101 Å². The summed E-state index contributed by atoms with van der Waals surface area (Å²) in [6.45, 7) is 2.83. The Balaban J connectivity index is 2.12. The number of benzene rings is 1. The van der Waals surface area contributed by atoms with Crippen LogP contribution in [0.3, 0.4) is 0 Å². The van der Waals surface area contributed by atoms with Gasteiger partial charge >= 0.3 is 0 Å². The summed E-state index contributed by atoms with van der Waals surface area (Å²) in [6.07, 6.45) is -0.265. The van der Waals surface area contributed by atoms with Gasteiger partial charge in [0, 0.05) is 12.1 Å². The van der Waals surface area contributed by atoms with Gasteiger partial charge in [-0.3, -0.25) is 4.79 Å². The van der Waals surface area contributed by atoms with Crippen molar-refractivity contribution in [1.29, 1.82) is 0 Å². The molecule has 92 valence electrons. The molecule has 4 nitrogen and oxygen atoms in total. The Bertz CT molecular complexity index is 380. The molecular formula is C13H17NO3. The van der Waals surface area contributed by atoms with Crippen molar-refractivity contribution in [2.24, 2.45) is 0 Å². The summed E-state index contributed by atoms with van der Waals surface area (Å²) in [7, 11) is 0. The number of nitrogens with zero attached hydrogens (tertiary/aromatic N) is 1. The predicted octanol–water partition coefficient (Wildman–Crippen LogP) is 0.908. The summed E-state index contributed by atoms with van der Waals surface area (Å²) in [5.74, 6) is -0.000139. The largest absolute Gasteiger partial charge is 0.394 e. The van der Waals surface area contributed by atoms with Crippen molar-refractivity contribution in [3.8, 4) is 0 Å². The molecule has 17 heavy (non-hydrogen) atoms. The Hall–Kier alpha value is -1.39. The first kappa shape index (κ1) is 12.1. The Morgan fingerprint density at radius 1 is 1.47 bits per heavy atom. The number of carbonyl (C=O) groups excluding carboxylic acids is 1. The molecule has 1 heterocycles. The maximum Gasteiger partial charge on any atom is 0.254 e. The fourth-order valence-corrected chi connectivity index (χ4v) is 1.96. The van der Waals surface area contributed by atoms with Gasteiger partial charge in [0.05, 0.1) is 25.4 Å². The molecule has 2 unspecified atom stereocenters. The highest BCUT2D eigenvalue weighted by atomic mass is 16.5. The number of hydrogen-bond acceptors (Lipinski definition) is 3. The second kappa shape index (κ2) is 5.29. The number of aliphatic hydroxyl groups is 1. The SMILES string of the molecule is CC1COC(CO)CN1C(=O)c1ccccc1. The first-order valence-corrected chi connectivity index (χ1v) is 5.81. The van der Waals surface area contributed by atoms with Crippen molar-refractivity contribution in [3.05, 3.63) is 35.9 Å². The van der Waals surface area contributed by atoms with E-state index in [1.807, 2.05) is 25.1 Å². The molecule has 2 atom stereocenters. The summed E-state index contributed by atoms with van der Waals surface area (Å²) >= 11 is 0. The van der Waals surface area contributed by atoms with Crippen LogP contribution in [0.2, 0.25) is 0 Å². The van der Waals surface area contributed by atoms with Crippen molar-refractivity contribution in [3.63, 3.8) is 0 Å². The van der Waals surface area contributed by atoms with Gasteiger partial charge in [-0.25, -0.2) is 0 Å². The Morgan fingerprint density at radius 2 is 2.18 bits per heavy atom. The summed E-state index contributed by atoms with van der Waals surface area (Å²) in [6, 6.07) is 9.24. The molecule has 1 aromatic carbocycles. The molecule has 0 bridgehead atoms. The van der Waals surface area contributed by atoms with Crippen LogP contribution in [-0.2, 0) is 4.74 Å². The third-order valence-electron chi connectivity index (χ3n) is 2.99. The lowest BCUT2D eigenvalue weighted by atomic mass is 10.1. The molecule has 1 aliphatic rings. The van der Waals surface area contributed by atoms with Crippen LogP contribution in [0.1, 0.15) is 17.3 Å². The maximum atomic E-state index is 12.3. The molecular weight excluding hydrogens is 218 g/mol. The molecule has 2 rings (SSSR count). The summed E-state index contributed by atoms with van der Waals surface area (Å²) in [4.78, 5) is 14.0. The fourth-order valence-electron chi connectivity index (χ4n) is 1.96. The monoisotopic (exact) mass is 235 g/mol. The van der Waals surface area contributed by atoms with Gasteiger partial charge in [-0.05, 0) is 19.1 Å². The minimum absolute atomic E-state index is 0.000139. The van der Waals surface area contributed by atoms with Gasteiger partial charge in [-0.15, -0.1) is 0 Å². The molecule has 1 aromatic rings. The molecule has 4 heteroatoms. The van der Waals surface area contributed by atoms with Gasteiger partial charge in [-0.1, -0.05) is 18.2 Å². The normalized spacial score (nSPS) is 24.7. The van der Waals surface area contributed by atoms with Crippen LogP contribution in [0.25, 0.3) is 0 Å². The number of hydrogen-bond donors (Lipinski definition) is 1. The van der Waals surface area contributed by atoms with Crippen molar-refractivity contribution >= 4 is 5.91 Å². The zero-order valence-electron chi connectivity index (χ0n) is 9.87. The molecule has 0 aliphatic carbocycles. The summed E-state index contributed by atoms with van der Waals surface area (Å²) < 4.78 is 5.41. The van der Waals surface area contributed by atoms with Crippen LogP contribution in [0.4, 0.5) is 0 Å². The van der Waals surface area contributed by atoms with E-state index in [1.165, 1.54) is 0 Å². The van der Waals surface area contributed by atoms with E-state index in [9.17, 15) is 4.79 Å². The van der Waals surface area contributed by atoms with Gasteiger partial charge in [0.1, 0.15) is 0 Å². The van der Waals surface area contributed by atoms with Crippen molar-refractivity contribution in [2.45, 2.75) is 19.1 Å². The third kappa shape index (κ3) is 2.65. The Kier molecular flexibility index (Phi) is 3.76. The second-order valence-electron chi connectivity index (χ2n) is 4.31. The average Bonchev–Trinajstić information content (AvgIpc) is 2.39. The second-order valence-corrected chi connectivity index (χ2v) is 4.31. The van der Waals surface area contributed by atoms with Crippen LogP contribution < -0.4 is 0 Å². The topological polar surface area (TPSA) is 49.8 Å². The lowest BCUT2D eigenvalue weighted by Crippen LogP contribution is -2.52. The van der Waals surface area contributed by atoms with E-state index in [-0.39, 0.29) is 24.7 Å². The standard InChI is InChI=1S/C13H17NO3/c1-10-9-17-12(8-15)7-14(10)13(16)11-5-3-2-4-6-11/h2-6,10,12,15H,7-9H2,1H3. The van der Waals surface area contributed by atoms with Crippen LogP contribution in [-0.4, -0.2) is 47.8 Å². The molecule has 1 fully saturated rings. The lowest BCUT2D eigenvalue weighted by Gasteiger charge is -2.37. The highest BCUT2D eigenvalue weighted by Gasteiger charge is 2.29. The van der Waals surface area contributed by atoms with Crippen LogP contribution in [0.15, 0.2) is 30.3 Å². The molecule has 0 radical (unpaired) electrons. The average molecular weight is 235 g/mol. The maximum absolute atomic E-state index is 12.3. The van der Waals surface area contributed by atoms with E-state index in [2.05, 4.69) is 0 Å². The zero-order chi connectivity index (χ0) is 12.3. The predicted molar refractivity (Wildman–Crippen MR) is 63.8 cm³/mol. The highest BCUT2D eigenvalue weighted by Crippen LogP contribution is 2.15. The summed E-state index contributed by atoms with van der Waals surface area (Å²) in [5, 5.41) is 9.08. The van der Waals surface area contributed by atoms with E-state index in [0.717, 1.165) is 0 Å². The Morgan fingerprint density at radius 3 is 2.82 bits per heavy atom. The number of amides is 1. The summed E-state index contributed by atoms with van der Waals surface area (Å²) in [5.41, 5.74) is 0.679. The van der Waals surface area contributed by atoms with E-state index < -0.39 is 0 Å². The first-order valence-electron chi connectivity index (χ1n) is 5.81. The van der Waals surface area contributed by atoms with E-state index >= 15 is 0 Å². The van der Waals surface area contributed by atoms with Gasteiger partial charge in [0.15, 0.2) is 0 Å². The van der Waals surface area contributed by atoms with E-state index in [1.54, 1.807) is 17.0 Å². The minimum Gasteiger partial charge on any atom is -0.394 e. The van der Waals surface area contributed by atoms with Gasteiger partial charge < -0.3 is 14.7 Å². The molecule has 0 saturated carbocycles. The van der Waals surface area contributed by atoms with Crippen LogP contribution >= 0.6 is 0 Å². The molecule has 0 aromatic heterocycles. The zero-order valence-corrected chi connectivity index (χ0v) is 9.87. The number of carbonyl (C=O) groups is 1. The molecule has 1 N–H and O–H groups in total. The van der Waals surface area contributed by atoms with Gasteiger partial charge in [-0.2, -0.15) is 0 Å². The molecule has 1 saturated heterocycles. The highest BCUT2D eigenvalue weighted by molar-refractivity contribution is 5.94. The van der Waals surface area contributed by atoms with Crippen molar-refractivity contribution in [2.75, 3.05) is 19.8 Å². The van der Waals surface area contributed by atoms with Gasteiger partial charge in [0.2, 0.25) is 0 Å². The van der Waals surface area contributed by atoms with Crippen LogP contribution in [0.5, 0.6) is 0 Å². The number of rotatable bonds is 2. The van der Waals surface area contributed by atoms with E-state index in [0.29, 0.717) is 18.7 Å². The number of ether oxygens (including phenoxy) is 1. The smallest absolute Gasteiger partial charge is 0.254 e. The fraction of sp³-hybridized carbons (Fsp3) is 0.462. The lowest BCUT2D eigenvalue weighted by molar-refractivity contribution is -0.0667. The van der Waals surface area contributed by atoms with Crippen LogP contribution in [0, 0.1) is 0 Å². The quantitative estimate of drug-likeness (QED) is 0.829. The van der Waals surface area contributed by atoms with Gasteiger partial charge in [0.25, 0.3) is 5.91 Å². The number of morpholine rings is 1. The van der Waals surface area contributed by atoms with Crippen molar-refractivity contribution < 1.29 is 14.6 Å². The number of aliphatic hydroxyl groups excluding tert-OH is 1. The molecule has 1 aliphatic heterocycles. The van der Waals surface area contributed by atoms with E-state index in [4.69, 9.17) is 9.84 Å². The molecule has 1 amide bonds. The first-order chi connectivity index (χ1) is 8.22. The van der Waals surface area contributed by atoms with Crippen molar-refractivity contribution in [1.82, 2.24) is 4.90 Å².